The first-order valence-electron chi connectivity index (χ1n) is 6.43. The van der Waals surface area contributed by atoms with E-state index in [2.05, 4.69) is 29.8 Å². The molecule has 2 aromatic rings. The molecule has 2 aromatic heterocycles. The average molecular weight is 276 g/mol. The number of aromatic nitrogens is 4. The van der Waals surface area contributed by atoms with Gasteiger partial charge in [0.05, 0.1) is 5.69 Å². The van der Waals surface area contributed by atoms with Crippen LogP contribution in [0.3, 0.4) is 0 Å². The predicted octanol–water partition coefficient (Wildman–Crippen LogP) is 1.09. The fourth-order valence-corrected chi connectivity index (χ4v) is 2.74. The molecule has 0 amide bonds. The third-order valence-corrected chi connectivity index (χ3v) is 3.79. The first-order chi connectivity index (χ1) is 9.42. The van der Waals surface area contributed by atoms with E-state index in [0.29, 0.717) is 6.04 Å². The van der Waals surface area contributed by atoms with Crippen molar-refractivity contribution in [2.75, 3.05) is 18.0 Å². The molecule has 0 bridgehead atoms. The molecule has 1 fully saturated rings. The van der Waals surface area contributed by atoms with Crippen LogP contribution in [0.5, 0.6) is 0 Å². The van der Waals surface area contributed by atoms with E-state index in [9.17, 15) is 0 Å². The van der Waals surface area contributed by atoms with E-state index in [-0.39, 0.29) is 0 Å². The summed E-state index contributed by atoms with van der Waals surface area (Å²) in [4.78, 5) is 10.9. The molecule has 0 radical (unpaired) electrons. The molecule has 0 aliphatic carbocycles. The largest absolute Gasteiger partial charge is 0.339 e. The summed E-state index contributed by atoms with van der Waals surface area (Å²) in [6, 6.07) is 2.30. The zero-order valence-electron chi connectivity index (χ0n) is 10.6. The highest BCUT2D eigenvalue weighted by Crippen LogP contribution is 2.15. The fourth-order valence-electron chi connectivity index (χ4n) is 2.29. The third kappa shape index (κ3) is 3.24. The van der Waals surface area contributed by atoms with Gasteiger partial charge in [-0.15, -0.1) is 5.10 Å². The van der Waals surface area contributed by atoms with Gasteiger partial charge in [0.15, 0.2) is 0 Å². The molecule has 1 N–H and O–H groups in total. The van der Waals surface area contributed by atoms with Crippen LogP contribution in [0.25, 0.3) is 0 Å². The van der Waals surface area contributed by atoms with E-state index in [1.807, 2.05) is 11.4 Å². The van der Waals surface area contributed by atoms with Crippen LogP contribution in [0, 0.1) is 0 Å². The Morgan fingerprint density at radius 2 is 2.26 bits per heavy atom. The smallest absolute Gasteiger partial charge is 0.225 e. The monoisotopic (exact) mass is 276 g/mol. The van der Waals surface area contributed by atoms with E-state index < -0.39 is 0 Å². The lowest BCUT2D eigenvalue weighted by molar-refractivity contribution is 0.416. The van der Waals surface area contributed by atoms with Gasteiger partial charge in [0.25, 0.3) is 0 Å². The number of piperidine rings is 1. The maximum Gasteiger partial charge on any atom is 0.225 e. The zero-order valence-corrected chi connectivity index (χ0v) is 11.4. The van der Waals surface area contributed by atoms with Gasteiger partial charge in [0.2, 0.25) is 5.95 Å². The summed E-state index contributed by atoms with van der Waals surface area (Å²) in [6.45, 7) is 2.76. The Morgan fingerprint density at radius 3 is 3.05 bits per heavy atom. The molecule has 6 nitrogen and oxygen atoms in total. The number of anilines is 1. The molecule has 1 unspecified atom stereocenters. The van der Waals surface area contributed by atoms with Gasteiger partial charge in [-0.25, -0.2) is 9.97 Å². The third-order valence-electron chi connectivity index (χ3n) is 3.23. The molecule has 1 aliphatic heterocycles. The molecule has 0 spiro atoms. The van der Waals surface area contributed by atoms with Crippen molar-refractivity contribution < 1.29 is 0 Å². The maximum atomic E-state index is 4.31. The van der Waals surface area contributed by atoms with Crippen molar-refractivity contribution in [3.05, 3.63) is 29.5 Å². The molecular formula is C12H16N6S. The fraction of sp³-hybridized carbons (Fsp3) is 0.500. The molecule has 3 heterocycles. The number of hydrogen-bond acceptors (Lipinski definition) is 7. The van der Waals surface area contributed by atoms with Crippen LogP contribution in [-0.4, -0.2) is 38.7 Å². The molecule has 0 saturated carbocycles. The van der Waals surface area contributed by atoms with Crippen LogP contribution in [-0.2, 0) is 6.54 Å². The minimum atomic E-state index is 0.458. The molecule has 1 saturated heterocycles. The minimum Gasteiger partial charge on any atom is -0.339 e. The second kappa shape index (κ2) is 6.03. The van der Waals surface area contributed by atoms with Gasteiger partial charge >= 0.3 is 0 Å². The molecule has 0 aromatic carbocycles. The Labute approximate surface area is 116 Å². The summed E-state index contributed by atoms with van der Waals surface area (Å²) >= 11 is 1.39. The lowest BCUT2D eigenvalue weighted by atomic mass is 10.1. The predicted molar refractivity (Wildman–Crippen MR) is 74.0 cm³/mol. The lowest BCUT2D eigenvalue weighted by Crippen LogP contribution is -2.46. The zero-order chi connectivity index (χ0) is 12.9. The Balaban J connectivity index is 1.56. The molecule has 100 valence electrons. The summed E-state index contributed by atoms with van der Waals surface area (Å²) in [6.07, 6.45) is 5.92. The molecular weight excluding hydrogens is 260 g/mol. The molecule has 1 aliphatic rings. The normalized spacial score (nSPS) is 19.6. The van der Waals surface area contributed by atoms with Crippen LogP contribution in [0.4, 0.5) is 5.95 Å². The minimum absolute atomic E-state index is 0.458. The van der Waals surface area contributed by atoms with Gasteiger partial charge in [0.1, 0.15) is 0 Å². The van der Waals surface area contributed by atoms with Gasteiger partial charge < -0.3 is 10.2 Å². The van der Waals surface area contributed by atoms with E-state index in [4.69, 9.17) is 0 Å². The highest BCUT2D eigenvalue weighted by atomic mass is 32.1. The van der Waals surface area contributed by atoms with Crippen LogP contribution in [0.15, 0.2) is 23.8 Å². The van der Waals surface area contributed by atoms with Crippen molar-refractivity contribution in [2.45, 2.75) is 25.4 Å². The van der Waals surface area contributed by atoms with Crippen molar-refractivity contribution >= 4 is 17.5 Å². The molecule has 7 heteroatoms. The first kappa shape index (κ1) is 12.4. The van der Waals surface area contributed by atoms with Crippen molar-refractivity contribution in [1.29, 1.82) is 0 Å². The van der Waals surface area contributed by atoms with Gasteiger partial charge in [-0.1, -0.05) is 4.49 Å². The first-order valence-corrected chi connectivity index (χ1v) is 7.27. The number of rotatable bonds is 4. The van der Waals surface area contributed by atoms with Crippen LogP contribution in [0.1, 0.15) is 18.5 Å². The van der Waals surface area contributed by atoms with E-state index in [0.717, 1.165) is 37.7 Å². The van der Waals surface area contributed by atoms with Crippen molar-refractivity contribution in [2.24, 2.45) is 0 Å². The number of nitrogens with one attached hydrogen (secondary N) is 1. The van der Waals surface area contributed by atoms with E-state index in [1.165, 1.54) is 18.0 Å². The van der Waals surface area contributed by atoms with Crippen molar-refractivity contribution in [1.82, 2.24) is 24.9 Å². The Bertz CT molecular complexity index is 488. The van der Waals surface area contributed by atoms with E-state index in [1.54, 1.807) is 12.4 Å². The summed E-state index contributed by atoms with van der Waals surface area (Å²) < 4.78 is 3.87. The summed E-state index contributed by atoms with van der Waals surface area (Å²) in [5.41, 5.74) is 1.01. The maximum absolute atomic E-state index is 4.31. The molecule has 3 rings (SSSR count). The van der Waals surface area contributed by atoms with Crippen molar-refractivity contribution in [3.8, 4) is 0 Å². The van der Waals surface area contributed by atoms with Gasteiger partial charge in [-0.05, 0) is 30.4 Å². The Morgan fingerprint density at radius 1 is 1.37 bits per heavy atom. The summed E-state index contributed by atoms with van der Waals surface area (Å²) in [7, 11) is 0. The topological polar surface area (TPSA) is 66.8 Å². The molecule has 19 heavy (non-hydrogen) atoms. The lowest BCUT2D eigenvalue weighted by Gasteiger charge is -2.33. The quantitative estimate of drug-likeness (QED) is 0.901. The van der Waals surface area contributed by atoms with E-state index >= 15 is 0 Å². The van der Waals surface area contributed by atoms with Crippen LogP contribution < -0.4 is 10.2 Å². The van der Waals surface area contributed by atoms with Gasteiger partial charge in [-0.3, -0.25) is 0 Å². The summed E-state index contributed by atoms with van der Waals surface area (Å²) in [5.74, 6) is 0.823. The second-order valence-electron chi connectivity index (χ2n) is 4.61. The van der Waals surface area contributed by atoms with Crippen molar-refractivity contribution in [3.63, 3.8) is 0 Å². The van der Waals surface area contributed by atoms with Gasteiger partial charge in [-0.2, -0.15) is 0 Å². The highest BCUT2D eigenvalue weighted by molar-refractivity contribution is 7.03. The standard InChI is InChI=1S/C12H16N6S/c1-3-10(15-7-11-9-19-17-16-11)8-18(6-1)12-13-4-2-5-14-12/h2,4-5,9-10,15H,1,3,6-8H2. The van der Waals surface area contributed by atoms with Crippen LogP contribution in [0.2, 0.25) is 0 Å². The highest BCUT2D eigenvalue weighted by Gasteiger charge is 2.21. The second-order valence-corrected chi connectivity index (χ2v) is 5.22. The Hall–Kier alpha value is -1.60. The Kier molecular flexibility index (Phi) is 3.95. The summed E-state index contributed by atoms with van der Waals surface area (Å²) in [5, 5.41) is 9.56. The number of nitrogens with zero attached hydrogens (tertiary/aromatic N) is 5. The number of hydrogen-bond donors (Lipinski definition) is 1. The SMILES string of the molecule is c1cnc(N2CCCC(NCc3csnn3)C2)nc1. The van der Waals surface area contributed by atoms with Crippen LogP contribution >= 0.6 is 11.5 Å². The van der Waals surface area contributed by atoms with Gasteiger partial charge in [0, 0.05) is 43.4 Å². The average Bonchev–Trinajstić information content (AvgIpc) is 3.00. The molecule has 1 atom stereocenters.